The van der Waals surface area contributed by atoms with E-state index < -0.39 is 22.5 Å². The molecule has 0 atom stereocenters. The smallest absolute Gasteiger partial charge is 0.336 e. The summed E-state index contributed by atoms with van der Waals surface area (Å²) in [7, 11) is 0. The van der Waals surface area contributed by atoms with Crippen LogP contribution in [0.5, 0.6) is 0 Å². The van der Waals surface area contributed by atoms with Crippen LogP contribution in [0, 0.1) is 10.1 Å². The normalized spacial score (nSPS) is 9.95. The highest BCUT2D eigenvalue weighted by molar-refractivity contribution is 5.95. The number of aromatic carboxylic acids is 1. The summed E-state index contributed by atoms with van der Waals surface area (Å²) in [6.45, 7) is 1.85. The van der Waals surface area contributed by atoms with E-state index in [4.69, 9.17) is 9.84 Å². The van der Waals surface area contributed by atoms with Gasteiger partial charge >= 0.3 is 5.97 Å². The first kappa shape index (κ1) is 14.6. The molecule has 0 unspecified atom stereocenters. The maximum Gasteiger partial charge on any atom is 0.336 e. The first-order chi connectivity index (χ1) is 8.93. The van der Waals surface area contributed by atoms with E-state index in [1.807, 2.05) is 0 Å². The molecule has 0 heterocycles. The molecule has 0 saturated heterocycles. The average molecular weight is 268 g/mol. The molecule has 1 aromatic carbocycles. The van der Waals surface area contributed by atoms with Gasteiger partial charge in [0.05, 0.1) is 10.5 Å². The quantitative estimate of drug-likeness (QED) is 0.592. The van der Waals surface area contributed by atoms with Crippen LogP contribution >= 0.6 is 0 Å². The standard InChI is InChI=1S/C11H12N2O6/c1-2-19-6-10(14)12-8-3-7(11(15)16)4-9(5-8)13(17)18/h3-5H,2,6H2,1H3,(H,12,14)(H,15,16). The van der Waals surface area contributed by atoms with Crippen molar-refractivity contribution < 1.29 is 24.4 Å². The van der Waals surface area contributed by atoms with Crippen LogP contribution in [-0.2, 0) is 9.53 Å². The Labute approximate surface area is 108 Å². The number of nitro groups is 1. The van der Waals surface area contributed by atoms with Crippen molar-refractivity contribution in [2.24, 2.45) is 0 Å². The van der Waals surface area contributed by atoms with Crippen LogP contribution in [0.4, 0.5) is 11.4 Å². The topological polar surface area (TPSA) is 119 Å². The van der Waals surface area contributed by atoms with Gasteiger partial charge in [-0.1, -0.05) is 0 Å². The Bertz CT molecular complexity index is 482. The van der Waals surface area contributed by atoms with Crippen LogP contribution in [0.15, 0.2) is 18.2 Å². The number of anilines is 1. The third kappa shape index (κ3) is 4.36. The number of carboxylic acid groups (broad SMARTS) is 1. The SMILES string of the molecule is CCOCC(=O)Nc1cc(C(=O)O)cc([N+](=O)[O-])c1. The second kappa shape index (κ2) is 6.45. The number of nitrogens with zero attached hydrogens (tertiary/aromatic N) is 1. The van der Waals surface area contributed by atoms with Gasteiger partial charge in [0, 0.05) is 24.4 Å². The highest BCUT2D eigenvalue weighted by Crippen LogP contribution is 2.21. The molecule has 1 rings (SSSR count). The fraction of sp³-hybridized carbons (Fsp3) is 0.273. The fourth-order valence-corrected chi connectivity index (χ4v) is 1.30. The summed E-state index contributed by atoms with van der Waals surface area (Å²) in [6.07, 6.45) is 0. The van der Waals surface area contributed by atoms with Crippen molar-refractivity contribution in [1.82, 2.24) is 0 Å². The zero-order valence-corrected chi connectivity index (χ0v) is 10.1. The van der Waals surface area contributed by atoms with E-state index in [1.54, 1.807) is 6.92 Å². The molecule has 102 valence electrons. The van der Waals surface area contributed by atoms with Crippen molar-refractivity contribution in [3.05, 3.63) is 33.9 Å². The zero-order valence-electron chi connectivity index (χ0n) is 10.1. The zero-order chi connectivity index (χ0) is 14.4. The number of carbonyl (C=O) groups excluding carboxylic acids is 1. The van der Waals surface area contributed by atoms with Gasteiger partial charge in [-0.15, -0.1) is 0 Å². The maximum absolute atomic E-state index is 11.4. The number of ether oxygens (including phenoxy) is 1. The molecule has 0 bridgehead atoms. The van der Waals surface area contributed by atoms with E-state index in [9.17, 15) is 19.7 Å². The molecule has 0 spiro atoms. The molecule has 8 nitrogen and oxygen atoms in total. The maximum atomic E-state index is 11.4. The van der Waals surface area contributed by atoms with Crippen molar-refractivity contribution in [3.63, 3.8) is 0 Å². The summed E-state index contributed by atoms with van der Waals surface area (Å²) in [6, 6.07) is 3.13. The molecule has 0 saturated carbocycles. The Balaban J connectivity index is 2.96. The summed E-state index contributed by atoms with van der Waals surface area (Å²) in [4.78, 5) is 32.1. The average Bonchev–Trinajstić information content (AvgIpc) is 2.35. The summed E-state index contributed by atoms with van der Waals surface area (Å²) < 4.78 is 4.86. The van der Waals surface area contributed by atoms with Gasteiger partial charge in [0.25, 0.3) is 5.69 Å². The van der Waals surface area contributed by atoms with E-state index in [0.29, 0.717) is 6.61 Å². The number of benzene rings is 1. The van der Waals surface area contributed by atoms with Gasteiger partial charge < -0.3 is 15.2 Å². The highest BCUT2D eigenvalue weighted by atomic mass is 16.6. The number of nitro benzene ring substituents is 1. The van der Waals surface area contributed by atoms with Crippen LogP contribution in [0.2, 0.25) is 0 Å². The Kier molecular flexibility index (Phi) is 4.95. The molecule has 1 aromatic rings. The number of carboxylic acids is 1. The highest BCUT2D eigenvalue weighted by Gasteiger charge is 2.15. The van der Waals surface area contributed by atoms with Gasteiger partial charge in [0.1, 0.15) is 6.61 Å². The van der Waals surface area contributed by atoms with Gasteiger partial charge in [-0.05, 0) is 13.0 Å². The predicted octanol–water partition coefficient (Wildman–Crippen LogP) is 1.27. The van der Waals surface area contributed by atoms with Crippen LogP contribution in [0.25, 0.3) is 0 Å². The molecule has 0 aliphatic heterocycles. The number of hydrogen-bond donors (Lipinski definition) is 2. The Morgan fingerprint density at radius 3 is 2.63 bits per heavy atom. The Morgan fingerprint density at radius 1 is 1.42 bits per heavy atom. The Morgan fingerprint density at radius 2 is 2.11 bits per heavy atom. The van der Waals surface area contributed by atoms with E-state index in [1.165, 1.54) is 0 Å². The van der Waals surface area contributed by atoms with Gasteiger partial charge in [0.2, 0.25) is 5.91 Å². The predicted molar refractivity (Wildman–Crippen MR) is 65.2 cm³/mol. The second-order valence-electron chi connectivity index (χ2n) is 3.52. The van der Waals surface area contributed by atoms with Gasteiger partial charge in [-0.25, -0.2) is 4.79 Å². The van der Waals surface area contributed by atoms with Crippen LogP contribution < -0.4 is 5.32 Å². The lowest BCUT2D eigenvalue weighted by atomic mass is 10.1. The van der Waals surface area contributed by atoms with E-state index in [0.717, 1.165) is 18.2 Å². The fourth-order valence-electron chi connectivity index (χ4n) is 1.30. The van der Waals surface area contributed by atoms with Crippen molar-refractivity contribution in [1.29, 1.82) is 0 Å². The van der Waals surface area contributed by atoms with E-state index in [-0.39, 0.29) is 17.9 Å². The molecular weight excluding hydrogens is 256 g/mol. The summed E-state index contributed by atoms with van der Waals surface area (Å²) >= 11 is 0. The molecule has 2 N–H and O–H groups in total. The monoisotopic (exact) mass is 268 g/mol. The third-order valence-electron chi connectivity index (χ3n) is 2.10. The summed E-state index contributed by atoms with van der Waals surface area (Å²) in [5, 5.41) is 21.8. The van der Waals surface area contributed by atoms with Gasteiger partial charge in [-0.2, -0.15) is 0 Å². The van der Waals surface area contributed by atoms with Crippen LogP contribution in [-0.4, -0.2) is 35.1 Å². The second-order valence-corrected chi connectivity index (χ2v) is 3.52. The summed E-state index contributed by atoms with van der Waals surface area (Å²) in [5.74, 6) is -1.83. The first-order valence-corrected chi connectivity index (χ1v) is 5.34. The minimum Gasteiger partial charge on any atom is -0.478 e. The largest absolute Gasteiger partial charge is 0.478 e. The van der Waals surface area contributed by atoms with Crippen molar-refractivity contribution >= 4 is 23.3 Å². The molecule has 0 aromatic heterocycles. The minimum absolute atomic E-state index is 0.0382. The first-order valence-electron chi connectivity index (χ1n) is 5.34. The molecule has 19 heavy (non-hydrogen) atoms. The molecule has 8 heteroatoms. The number of nitrogens with one attached hydrogen (secondary N) is 1. The minimum atomic E-state index is -1.32. The van der Waals surface area contributed by atoms with E-state index in [2.05, 4.69) is 5.32 Å². The summed E-state index contributed by atoms with van der Waals surface area (Å²) in [5.41, 5.74) is -0.649. The number of hydrogen-bond acceptors (Lipinski definition) is 5. The number of carbonyl (C=O) groups is 2. The van der Waals surface area contributed by atoms with Crippen molar-refractivity contribution in [2.75, 3.05) is 18.5 Å². The lowest BCUT2D eigenvalue weighted by Crippen LogP contribution is -2.18. The molecule has 0 aliphatic rings. The van der Waals surface area contributed by atoms with E-state index >= 15 is 0 Å². The molecule has 0 fully saturated rings. The number of amides is 1. The van der Waals surface area contributed by atoms with Crippen LogP contribution in [0.3, 0.4) is 0 Å². The van der Waals surface area contributed by atoms with Gasteiger partial charge in [0.15, 0.2) is 0 Å². The lowest BCUT2D eigenvalue weighted by Gasteiger charge is -2.06. The molecular formula is C11H12N2O6. The molecule has 0 aliphatic carbocycles. The Hall–Kier alpha value is -2.48. The third-order valence-corrected chi connectivity index (χ3v) is 2.10. The lowest BCUT2D eigenvalue weighted by molar-refractivity contribution is -0.384. The number of rotatable bonds is 6. The van der Waals surface area contributed by atoms with Gasteiger partial charge in [-0.3, -0.25) is 14.9 Å². The molecule has 1 amide bonds. The van der Waals surface area contributed by atoms with Crippen molar-refractivity contribution in [2.45, 2.75) is 6.92 Å². The molecule has 0 radical (unpaired) electrons. The van der Waals surface area contributed by atoms with Crippen molar-refractivity contribution in [3.8, 4) is 0 Å². The van der Waals surface area contributed by atoms with Crippen LogP contribution in [0.1, 0.15) is 17.3 Å². The number of non-ortho nitro benzene ring substituents is 1.